The van der Waals surface area contributed by atoms with Crippen LogP contribution in [0.3, 0.4) is 0 Å². The summed E-state index contributed by atoms with van der Waals surface area (Å²) in [7, 11) is 0. The van der Waals surface area contributed by atoms with Gasteiger partial charge in [-0.1, -0.05) is 6.92 Å². The third-order valence-corrected chi connectivity index (χ3v) is 0.703. The fourth-order valence-corrected chi connectivity index (χ4v) is 0.208. The molecule has 0 rings (SSSR count). The first-order valence-electron chi connectivity index (χ1n) is 2.23. The molecule has 2 N–H and O–H groups in total. The summed E-state index contributed by atoms with van der Waals surface area (Å²) in [4.78, 5) is 0. The van der Waals surface area contributed by atoms with Crippen molar-refractivity contribution in [2.75, 3.05) is 6.61 Å². The zero-order valence-electron chi connectivity index (χ0n) is 4.33. The van der Waals surface area contributed by atoms with E-state index in [2.05, 4.69) is 0 Å². The fraction of sp³-hybridized carbons (Fsp3) is 0.600. The second-order valence-corrected chi connectivity index (χ2v) is 1.50. The third-order valence-electron chi connectivity index (χ3n) is 0.703. The Kier molecular flexibility index (Phi) is 3.42. The first-order valence-corrected chi connectivity index (χ1v) is 2.23. The summed E-state index contributed by atoms with van der Waals surface area (Å²) in [5, 5.41) is 16.4. The fourth-order valence-electron chi connectivity index (χ4n) is 0.208. The molecule has 0 saturated heterocycles. The molecule has 0 aromatic heterocycles. The largest absolute Gasteiger partial charge is 0.516 e. The monoisotopic (exact) mass is 102 g/mol. The Morgan fingerprint density at radius 1 is 1.71 bits per heavy atom. The van der Waals surface area contributed by atoms with Crippen LogP contribution in [-0.2, 0) is 0 Å². The Morgan fingerprint density at radius 3 is 2.43 bits per heavy atom. The van der Waals surface area contributed by atoms with Gasteiger partial charge < -0.3 is 10.2 Å². The van der Waals surface area contributed by atoms with E-state index in [1.165, 1.54) is 6.08 Å². The molecule has 0 fully saturated rings. The minimum absolute atomic E-state index is 0.0741. The Hall–Kier alpha value is -0.500. The zero-order chi connectivity index (χ0) is 5.70. The second-order valence-electron chi connectivity index (χ2n) is 1.50. The number of aliphatic hydroxyl groups is 2. The smallest absolute Gasteiger partial charge is 0.0755 e. The highest BCUT2D eigenvalue weighted by atomic mass is 16.3. The summed E-state index contributed by atoms with van der Waals surface area (Å²) in [5.74, 6) is 0.0741. The predicted octanol–water partition coefficient (Wildman–Crippen LogP) is 0.686. The number of hydrogen-bond acceptors (Lipinski definition) is 2. The number of hydrogen-bond donors (Lipinski definition) is 2. The molecule has 7 heavy (non-hydrogen) atoms. The highest BCUT2D eigenvalue weighted by Gasteiger charge is 1.88. The van der Waals surface area contributed by atoms with Crippen LogP contribution >= 0.6 is 0 Å². The Labute approximate surface area is 43.1 Å². The molecule has 0 heterocycles. The topological polar surface area (TPSA) is 40.5 Å². The maximum absolute atomic E-state index is 8.30. The van der Waals surface area contributed by atoms with Crippen molar-refractivity contribution in [3.8, 4) is 0 Å². The molecule has 2 heteroatoms. The summed E-state index contributed by atoms with van der Waals surface area (Å²) in [6.07, 6.45) is 2.47. The van der Waals surface area contributed by atoms with E-state index in [0.717, 1.165) is 6.26 Å². The normalized spacial score (nSPS) is 15.1. The van der Waals surface area contributed by atoms with Gasteiger partial charge in [0.25, 0.3) is 0 Å². The molecular weight excluding hydrogens is 92.1 g/mol. The molecule has 0 bridgehead atoms. The van der Waals surface area contributed by atoms with Gasteiger partial charge in [-0.05, 0) is 6.08 Å². The lowest BCUT2D eigenvalue weighted by Crippen LogP contribution is -1.94. The molecule has 1 atom stereocenters. The van der Waals surface area contributed by atoms with Crippen LogP contribution in [0.2, 0.25) is 0 Å². The molecule has 0 amide bonds. The second kappa shape index (κ2) is 3.68. The zero-order valence-corrected chi connectivity index (χ0v) is 4.33. The number of rotatable bonds is 2. The van der Waals surface area contributed by atoms with Gasteiger partial charge in [-0.25, -0.2) is 0 Å². The van der Waals surface area contributed by atoms with Gasteiger partial charge in [-0.2, -0.15) is 0 Å². The summed E-state index contributed by atoms with van der Waals surface area (Å²) < 4.78 is 0. The summed E-state index contributed by atoms with van der Waals surface area (Å²) in [5.41, 5.74) is 0. The van der Waals surface area contributed by atoms with Gasteiger partial charge in [-0.3, -0.25) is 0 Å². The lowest BCUT2D eigenvalue weighted by atomic mass is 10.2. The van der Waals surface area contributed by atoms with Gasteiger partial charge in [0.1, 0.15) is 0 Å². The predicted molar refractivity (Wildman–Crippen MR) is 28.0 cm³/mol. The molecule has 0 aromatic carbocycles. The van der Waals surface area contributed by atoms with Crippen LogP contribution in [-0.4, -0.2) is 16.8 Å². The Morgan fingerprint density at radius 2 is 2.29 bits per heavy atom. The van der Waals surface area contributed by atoms with Crippen molar-refractivity contribution < 1.29 is 10.2 Å². The average molecular weight is 102 g/mol. The minimum atomic E-state index is 0.0741. The molecule has 2 nitrogen and oxygen atoms in total. The van der Waals surface area contributed by atoms with Gasteiger partial charge in [0.05, 0.1) is 6.26 Å². The summed E-state index contributed by atoms with van der Waals surface area (Å²) in [6.45, 7) is 1.91. The third kappa shape index (κ3) is 3.33. The maximum atomic E-state index is 8.30. The van der Waals surface area contributed by atoms with E-state index in [9.17, 15) is 0 Å². The lowest BCUT2D eigenvalue weighted by Gasteiger charge is -1.94. The van der Waals surface area contributed by atoms with Gasteiger partial charge in [0.15, 0.2) is 0 Å². The highest BCUT2D eigenvalue weighted by Crippen LogP contribution is 1.91. The van der Waals surface area contributed by atoms with E-state index in [1.807, 2.05) is 6.92 Å². The summed E-state index contributed by atoms with van der Waals surface area (Å²) in [6, 6.07) is 0. The Bertz CT molecular complexity index is 59.1. The van der Waals surface area contributed by atoms with Gasteiger partial charge in [-0.15, -0.1) is 0 Å². The van der Waals surface area contributed by atoms with Crippen LogP contribution in [0.25, 0.3) is 0 Å². The first-order chi connectivity index (χ1) is 3.31. The Balaban J connectivity index is 3.16. The van der Waals surface area contributed by atoms with E-state index in [-0.39, 0.29) is 12.5 Å². The van der Waals surface area contributed by atoms with Crippen LogP contribution in [0, 0.1) is 5.92 Å². The molecule has 0 spiro atoms. The molecular formula is C5H10O2. The van der Waals surface area contributed by atoms with E-state index < -0.39 is 0 Å². The average Bonchev–Trinajstić information content (AvgIpc) is 1.68. The van der Waals surface area contributed by atoms with Crippen molar-refractivity contribution in [1.82, 2.24) is 0 Å². The molecule has 0 saturated carbocycles. The van der Waals surface area contributed by atoms with Gasteiger partial charge in [0.2, 0.25) is 0 Å². The molecule has 0 radical (unpaired) electrons. The maximum Gasteiger partial charge on any atom is 0.0755 e. The van der Waals surface area contributed by atoms with Crippen LogP contribution in [0.1, 0.15) is 6.92 Å². The molecule has 42 valence electrons. The van der Waals surface area contributed by atoms with Crippen LogP contribution in [0.5, 0.6) is 0 Å². The molecule has 0 aliphatic heterocycles. The quantitative estimate of drug-likeness (QED) is 0.503. The number of aliphatic hydroxyl groups excluding tert-OH is 2. The van der Waals surface area contributed by atoms with Crippen molar-refractivity contribution >= 4 is 0 Å². The van der Waals surface area contributed by atoms with Crippen molar-refractivity contribution in [1.29, 1.82) is 0 Å². The molecule has 0 aliphatic rings. The van der Waals surface area contributed by atoms with Crippen molar-refractivity contribution in [2.45, 2.75) is 6.92 Å². The van der Waals surface area contributed by atoms with E-state index in [4.69, 9.17) is 10.2 Å². The van der Waals surface area contributed by atoms with Crippen LogP contribution in [0.4, 0.5) is 0 Å². The van der Waals surface area contributed by atoms with Crippen LogP contribution in [0.15, 0.2) is 12.3 Å². The van der Waals surface area contributed by atoms with E-state index in [1.54, 1.807) is 0 Å². The minimum Gasteiger partial charge on any atom is -0.516 e. The molecule has 0 aromatic rings. The van der Waals surface area contributed by atoms with Crippen molar-refractivity contribution in [3.05, 3.63) is 12.3 Å². The SMILES string of the molecule is CC(C=CO)CO. The van der Waals surface area contributed by atoms with Crippen LogP contribution < -0.4 is 0 Å². The van der Waals surface area contributed by atoms with Gasteiger partial charge >= 0.3 is 0 Å². The standard InChI is InChI=1S/C5H10O2/c1-5(4-7)2-3-6/h2-3,5-7H,4H2,1H3. The van der Waals surface area contributed by atoms with E-state index >= 15 is 0 Å². The van der Waals surface area contributed by atoms with Crippen molar-refractivity contribution in [3.63, 3.8) is 0 Å². The summed E-state index contributed by atoms with van der Waals surface area (Å²) >= 11 is 0. The lowest BCUT2D eigenvalue weighted by molar-refractivity contribution is 0.260. The molecule has 1 unspecified atom stereocenters. The highest BCUT2D eigenvalue weighted by molar-refractivity contribution is 4.77. The van der Waals surface area contributed by atoms with E-state index in [0.29, 0.717) is 0 Å². The molecule has 0 aliphatic carbocycles. The first kappa shape index (κ1) is 6.50. The van der Waals surface area contributed by atoms with Crippen molar-refractivity contribution in [2.24, 2.45) is 5.92 Å². The van der Waals surface area contributed by atoms with Gasteiger partial charge in [0, 0.05) is 12.5 Å².